The standard InChI is InChI=1S/C38H38N4/c1-6-24-11-13-27(14-12-24)38-34-21-19-32(41-34)36(25(7-2)8-3)30-17-15-28(39-30)23-29-16-18-31(40-29)37(26(9-4)10-5)33-20-22-35(38)42-33/h1,11-23,25-26,39-40H,7-10H2,2-5H3. The lowest BCUT2D eigenvalue weighted by atomic mass is 9.92. The van der Waals surface area contributed by atoms with Gasteiger partial charge >= 0.3 is 0 Å². The van der Waals surface area contributed by atoms with E-state index in [1.54, 1.807) is 0 Å². The highest BCUT2D eigenvalue weighted by Gasteiger charge is 2.21. The summed E-state index contributed by atoms with van der Waals surface area (Å²) in [6.45, 7) is 9.03. The van der Waals surface area contributed by atoms with Gasteiger partial charge in [-0.1, -0.05) is 45.7 Å². The Morgan fingerprint density at radius 2 is 1.07 bits per heavy atom. The SMILES string of the molecule is C#Cc1ccc(-c2c3nc(c(C(CC)CC)c4ccc(cc5ccc([nH]5)c(C(CC)CC)c5nc2C=C5)[nH]4)C=C3)cc1. The van der Waals surface area contributed by atoms with Crippen LogP contribution in [0.1, 0.15) is 105 Å². The molecule has 3 aromatic heterocycles. The van der Waals surface area contributed by atoms with Gasteiger partial charge in [-0.05, 0) is 110 Å². The number of benzene rings is 1. The average Bonchev–Trinajstić information content (AvgIpc) is 3.84. The van der Waals surface area contributed by atoms with Crippen molar-refractivity contribution >= 4 is 46.4 Å². The third kappa shape index (κ3) is 5.01. The molecule has 0 fully saturated rings. The second-order valence-corrected chi connectivity index (χ2v) is 11.2. The van der Waals surface area contributed by atoms with Crippen LogP contribution in [0.4, 0.5) is 0 Å². The van der Waals surface area contributed by atoms with Crippen LogP contribution in [0.25, 0.3) is 57.5 Å². The molecule has 0 amide bonds. The van der Waals surface area contributed by atoms with E-state index in [1.165, 1.54) is 11.1 Å². The minimum atomic E-state index is 0.384. The lowest BCUT2D eigenvalue weighted by Gasteiger charge is -2.14. The van der Waals surface area contributed by atoms with Crippen molar-refractivity contribution in [2.75, 3.05) is 0 Å². The maximum absolute atomic E-state index is 5.69. The van der Waals surface area contributed by atoms with Gasteiger partial charge in [-0.15, -0.1) is 6.42 Å². The van der Waals surface area contributed by atoms with E-state index in [1.807, 2.05) is 12.1 Å². The maximum Gasteiger partial charge on any atom is 0.0737 e. The number of hydrogen-bond donors (Lipinski definition) is 2. The van der Waals surface area contributed by atoms with Crippen LogP contribution in [0, 0.1) is 12.3 Å². The van der Waals surface area contributed by atoms with Crippen molar-refractivity contribution in [3.63, 3.8) is 0 Å². The van der Waals surface area contributed by atoms with Crippen molar-refractivity contribution in [1.29, 1.82) is 0 Å². The number of hydrogen-bond acceptors (Lipinski definition) is 2. The van der Waals surface area contributed by atoms with Crippen molar-refractivity contribution < 1.29 is 0 Å². The number of terminal acetylenes is 1. The van der Waals surface area contributed by atoms with E-state index in [2.05, 4.69) is 110 Å². The molecule has 0 spiro atoms. The van der Waals surface area contributed by atoms with Crippen molar-refractivity contribution in [1.82, 2.24) is 19.9 Å². The second kappa shape index (κ2) is 11.7. The van der Waals surface area contributed by atoms with Gasteiger partial charge in [0.1, 0.15) is 0 Å². The Balaban J connectivity index is 1.78. The van der Waals surface area contributed by atoms with E-state index in [4.69, 9.17) is 16.4 Å². The topological polar surface area (TPSA) is 57.4 Å². The molecule has 5 heterocycles. The highest BCUT2D eigenvalue weighted by atomic mass is 14.8. The first-order chi connectivity index (χ1) is 20.6. The Morgan fingerprint density at radius 3 is 1.50 bits per heavy atom. The molecule has 2 aliphatic rings. The van der Waals surface area contributed by atoms with E-state index in [9.17, 15) is 0 Å². The highest BCUT2D eigenvalue weighted by molar-refractivity contribution is 5.90. The van der Waals surface area contributed by atoms with E-state index < -0.39 is 0 Å². The van der Waals surface area contributed by atoms with Gasteiger partial charge in [-0.3, -0.25) is 0 Å². The van der Waals surface area contributed by atoms with Gasteiger partial charge in [-0.25, -0.2) is 9.97 Å². The fraction of sp³-hybridized carbons (Fsp3) is 0.263. The molecular weight excluding hydrogens is 512 g/mol. The first-order valence-electron chi connectivity index (χ1n) is 15.3. The molecule has 6 rings (SSSR count). The summed E-state index contributed by atoms with van der Waals surface area (Å²) >= 11 is 0. The second-order valence-electron chi connectivity index (χ2n) is 11.2. The molecule has 2 aliphatic heterocycles. The van der Waals surface area contributed by atoms with Gasteiger partial charge < -0.3 is 9.97 Å². The largest absolute Gasteiger partial charge is 0.355 e. The van der Waals surface area contributed by atoms with Crippen LogP contribution in [-0.2, 0) is 0 Å². The molecule has 4 aromatic rings. The Hall–Kier alpha value is -4.62. The average molecular weight is 551 g/mol. The van der Waals surface area contributed by atoms with Crippen molar-refractivity contribution in [2.45, 2.75) is 65.2 Å². The normalized spacial score (nSPS) is 12.4. The van der Waals surface area contributed by atoms with Crippen LogP contribution >= 0.6 is 0 Å². The van der Waals surface area contributed by atoms with E-state index in [0.717, 1.165) is 87.2 Å². The van der Waals surface area contributed by atoms with Crippen LogP contribution in [0.15, 0.2) is 54.6 Å². The molecule has 0 aliphatic carbocycles. The summed E-state index contributed by atoms with van der Waals surface area (Å²) in [5.74, 6) is 3.51. The zero-order valence-corrected chi connectivity index (χ0v) is 25.0. The number of fused-ring (bicyclic) bond motifs is 8. The van der Waals surface area contributed by atoms with Gasteiger partial charge in [0, 0.05) is 44.3 Å². The van der Waals surface area contributed by atoms with Crippen LogP contribution in [-0.4, -0.2) is 19.9 Å². The molecule has 0 radical (unpaired) electrons. The Kier molecular flexibility index (Phi) is 7.68. The molecule has 0 saturated heterocycles. The molecule has 42 heavy (non-hydrogen) atoms. The van der Waals surface area contributed by atoms with Gasteiger partial charge in [0.15, 0.2) is 0 Å². The first-order valence-corrected chi connectivity index (χ1v) is 15.3. The predicted octanol–water partition coefficient (Wildman–Crippen LogP) is 10.1. The lowest BCUT2D eigenvalue weighted by Crippen LogP contribution is -2.00. The van der Waals surface area contributed by atoms with Crippen molar-refractivity contribution in [2.24, 2.45) is 0 Å². The summed E-state index contributed by atoms with van der Waals surface area (Å²) in [5, 5.41) is 0. The zero-order chi connectivity index (χ0) is 29.2. The van der Waals surface area contributed by atoms with E-state index in [0.29, 0.717) is 11.8 Å². The minimum absolute atomic E-state index is 0.384. The molecule has 0 unspecified atom stereocenters. The van der Waals surface area contributed by atoms with Crippen LogP contribution in [0.3, 0.4) is 0 Å². The molecule has 1 aromatic carbocycles. The third-order valence-electron chi connectivity index (χ3n) is 8.78. The third-order valence-corrected chi connectivity index (χ3v) is 8.78. The summed E-state index contributed by atoms with van der Waals surface area (Å²) < 4.78 is 0. The number of H-pyrrole nitrogens is 2. The summed E-state index contributed by atoms with van der Waals surface area (Å²) in [6, 6.07) is 19.1. The molecule has 210 valence electrons. The van der Waals surface area contributed by atoms with E-state index >= 15 is 0 Å². The van der Waals surface area contributed by atoms with Crippen LogP contribution in [0.2, 0.25) is 0 Å². The molecule has 2 N–H and O–H groups in total. The Bertz CT molecular complexity index is 1770. The summed E-state index contributed by atoms with van der Waals surface area (Å²) in [4.78, 5) is 18.0. The summed E-state index contributed by atoms with van der Waals surface area (Å²) in [5.41, 5.74) is 13.7. The molecule has 0 atom stereocenters. The van der Waals surface area contributed by atoms with Crippen molar-refractivity contribution in [3.05, 3.63) is 94.1 Å². The Labute approximate surface area is 248 Å². The maximum atomic E-state index is 5.69. The monoisotopic (exact) mass is 550 g/mol. The summed E-state index contributed by atoms with van der Waals surface area (Å²) in [7, 11) is 0. The quantitative estimate of drug-likeness (QED) is 0.194. The van der Waals surface area contributed by atoms with Crippen molar-refractivity contribution in [3.8, 4) is 23.5 Å². The number of rotatable bonds is 7. The smallest absolute Gasteiger partial charge is 0.0737 e. The highest BCUT2D eigenvalue weighted by Crippen LogP contribution is 2.37. The molecule has 8 bridgehead atoms. The van der Waals surface area contributed by atoms with Gasteiger partial charge in [0.2, 0.25) is 0 Å². The van der Waals surface area contributed by atoms with Gasteiger partial charge in [-0.2, -0.15) is 0 Å². The van der Waals surface area contributed by atoms with Crippen LogP contribution in [0.5, 0.6) is 0 Å². The fourth-order valence-electron chi connectivity index (χ4n) is 6.46. The molecule has 4 nitrogen and oxygen atoms in total. The number of aromatic amines is 2. The summed E-state index contributed by atoms with van der Waals surface area (Å²) in [6.07, 6.45) is 18.5. The van der Waals surface area contributed by atoms with E-state index in [-0.39, 0.29) is 0 Å². The molecular formula is C38H38N4. The fourth-order valence-corrected chi connectivity index (χ4v) is 6.46. The minimum Gasteiger partial charge on any atom is -0.355 e. The zero-order valence-electron chi connectivity index (χ0n) is 25.0. The number of aromatic nitrogens is 4. The first kappa shape index (κ1) is 27.5. The molecule has 0 saturated carbocycles. The molecule has 4 heteroatoms. The van der Waals surface area contributed by atoms with Gasteiger partial charge in [0.25, 0.3) is 0 Å². The lowest BCUT2D eigenvalue weighted by molar-refractivity contribution is 0.642. The van der Waals surface area contributed by atoms with Gasteiger partial charge in [0.05, 0.1) is 22.8 Å². The van der Waals surface area contributed by atoms with Crippen LogP contribution < -0.4 is 0 Å². The number of nitrogens with zero attached hydrogens (tertiary/aromatic N) is 2. The Morgan fingerprint density at radius 1 is 0.619 bits per heavy atom. The number of nitrogens with one attached hydrogen (secondary N) is 2. The predicted molar refractivity (Wildman–Crippen MR) is 179 cm³/mol.